The zero-order valence-corrected chi connectivity index (χ0v) is 13.4. The van der Waals surface area contributed by atoms with E-state index in [0.29, 0.717) is 18.9 Å². The van der Waals surface area contributed by atoms with Crippen LogP contribution in [0.15, 0.2) is 18.2 Å². The number of benzene rings is 1. The fraction of sp³-hybridized carbons (Fsp3) is 0.625. The van der Waals surface area contributed by atoms with Crippen LogP contribution in [0, 0.1) is 0 Å². The van der Waals surface area contributed by atoms with Crippen LogP contribution in [-0.4, -0.2) is 39.6 Å². The molecule has 0 spiro atoms. The molecule has 0 unspecified atom stereocenters. The Bertz CT molecular complexity index is 397. The minimum Gasteiger partial charge on any atom is -0.491 e. The van der Waals surface area contributed by atoms with E-state index in [0.717, 1.165) is 37.4 Å². The highest BCUT2D eigenvalue weighted by Crippen LogP contribution is 2.23. The summed E-state index contributed by atoms with van der Waals surface area (Å²) in [5.41, 5.74) is 7.58. The lowest BCUT2D eigenvalue weighted by atomic mass is 10.2. The Balaban J connectivity index is 2.24. The molecule has 0 aromatic heterocycles. The van der Waals surface area contributed by atoms with E-state index in [2.05, 4.69) is 5.32 Å². The number of nitrogens with two attached hydrogens (primary N) is 1. The molecule has 3 N–H and O–H groups in total. The molecule has 0 atom stereocenters. The Morgan fingerprint density at radius 1 is 1.10 bits per heavy atom. The predicted molar refractivity (Wildman–Crippen MR) is 87.0 cm³/mol. The van der Waals surface area contributed by atoms with Crippen molar-refractivity contribution in [1.29, 1.82) is 0 Å². The van der Waals surface area contributed by atoms with Gasteiger partial charge in [0.05, 0.1) is 19.3 Å². The summed E-state index contributed by atoms with van der Waals surface area (Å²) >= 11 is 0. The number of hydrogen-bond acceptors (Lipinski definition) is 5. The monoisotopic (exact) mass is 296 g/mol. The maximum Gasteiger partial charge on any atom is 0.123 e. The number of nitrogens with one attached hydrogen (secondary N) is 1. The smallest absolute Gasteiger partial charge is 0.123 e. The maximum absolute atomic E-state index is 5.88. The van der Waals surface area contributed by atoms with Crippen LogP contribution in [-0.2, 0) is 9.47 Å². The Morgan fingerprint density at radius 3 is 2.62 bits per heavy atom. The van der Waals surface area contributed by atoms with Crippen LogP contribution in [0.1, 0.15) is 26.7 Å². The van der Waals surface area contributed by atoms with Gasteiger partial charge >= 0.3 is 0 Å². The third kappa shape index (κ3) is 8.42. The van der Waals surface area contributed by atoms with Crippen molar-refractivity contribution in [2.75, 3.05) is 44.5 Å². The summed E-state index contributed by atoms with van der Waals surface area (Å²) in [6, 6.07) is 5.74. The van der Waals surface area contributed by atoms with Crippen molar-refractivity contribution in [1.82, 2.24) is 0 Å². The van der Waals surface area contributed by atoms with Crippen LogP contribution in [0.4, 0.5) is 11.4 Å². The molecule has 1 aromatic rings. The molecule has 0 aliphatic carbocycles. The SMILES string of the molecule is COCCOCCCCNc1cc(N)cc(OC(C)C)c1. The second-order valence-electron chi connectivity index (χ2n) is 5.20. The number of nitrogen functional groups attached to an aromatic ring is 1. The van der Waals surface area contributed by atoms with Crippen LogP contribution in [0.3, 0.4) is 0 Å². The summed E-state index contributed by atoms with van der Waals surface area (Å²) in [7, 11) is 1.68. The van der Waals surface area contributed by atoms with Crippen molar-refractivity contribution in [3.63, 3.8) is 0 Å². The lowest BCUT2D eigenvalue weighted by Crippen LogP contribution is -2.08. The number of anilines is 2. The van der Waals surface area contributed by atoms with Gasteiger partial charge in [0.2, 0.25) is 0 Å². The van der Waals surface area contributed by atoms with Gasteiger partial charge in [-0.15, -0.1) is 0 Å². The highest BCUT2D eigenvalue weighted by molar-refractivity contribution is 5.59. The molecule has 5 heteroatoms. The Hall–Kier alpha value is -1.46. The van der Waals surface area contributed by atoms with Crippen LogP contribution in [0.25, 0.3) is 0 Å². The third-order valence-electron chi connectivity index (χ3n) is 2.78. The molecule has 0 heterocycles. The molecule has 5 nitrogen and oxygen atoms in total. The molecule has 0 saturated heterocycles. The van der Waals surface area contributed by atoms with Gasteiger partial charge in [-0.05, 0) is 32.8 Å². The molecule has 0 saturated carbocycles. The average Bonchev–Trinajstić information content (AvgIpc) is 2.40. The van der Waals surface area contributed by atoms with Crippen molar-refractivity contribution in [3.05, 3.63) is 18.2 Å². The molecule has 0 aliphatic heterocycles. The fourth-order valence-electron chi connectivity index (χ4n) is 1.87. The van der Waals surface area contributed by atoms with E-state index in [1.807, 2.05) is 32.0 Å². The van der Waals surface area contributed by atoms with E-state index in [9.17, 15) is 0 Å². The van der Waals surface area contributed by atoms with E-state index in [4.69, 9.17) is 19.9 Å². The molecule has 0 radical (unpaired) electrons. The van der Waals surface area contributed by atoms with Crippen LogP contribution in [0.5, 0.6) is 5.75 Å². The highest BCUT2D eigenvalue weighted by atomic mass is 16.5. The molecule has 0 fully saturated rings. The maximum atomic E-state index is 5.88. The topological polar surface area (TPSA) is 65.7 Å². The second-order valence-corrected chi connectivity index (χ2v) is 5.20. The Labute approximate surface area is 127 Å². The quantitative estimate of drug-likeness (QED) is 0.485. The molecule has 21 heavy (non-hydrogen) atoms. The third-order valence-corrected chi connectivity index (χ3v) is 2.78. The van der Waals surface area contributed by atoms with E-state index in [1.165, 1.54) is 0 Å². The number of ether oxygens (including phenoxy) is 3. The summed E-state index contributed by atoms with van der Waals surface area (Å²) in [6.45, 7) is 6.97. The van der Waals surface area contributed by atoms with Gasteiger partial charge in [0.25, 0.3) is 0 Å². The minimum absolute atomic E-state index is 0.142. The van der Waals surface area contributed by atoms with Gasteiger partial charge in [-0.25, -0.2) is 0 Å². The predicted octanol–water partition coefficient (Wildman–Crippen LogP) is 2.91. The van der Waals surface area contributed by atoms with Gasteiger partial charge in [0, 0.05) is 43.8 Å². The first-order valence-corrected chi connectivity index (χ1v) is 7.49. The van der Waals surface area contributed by atoms with E-state index in [-0.39, 0.29) is 6.10 Å². The zero-order chi connectivity index (χ0) is 15.5. The summed E-state index contributed by atoms with van der Waals surface area (Å²) in [6.07, 6.45) is 2.21. The zero-order valence-electron chi connectivity index (χ0n) is 13.4. The first-order valence-electron chi connectivity index (χ1n) is 7.49. The molecule has 120 valence electrons. The normalized spacial score (nSPS) is 10.9. The van der Waals surface area contributed by atoms with Gasteiger partial charge in [-0.1, -0.05) is 0 Å². The average molecular weight is 296 g/mol. The molecule has 0 amide bonds. The second kappa shape index (κ2) is 10.3. The lowest BCUT2D eigenvalue weighted by Gasteiger charge is -2.13. The van der Waals surface area contributed by atoms with Crippen LogP contribution >= 0.6 is 0 Å². The van der Waals surface area contributed by atoms with Crippen molar-refractivity contribution < 1.29 is 14.2 Å². The van der Waals surface area contributed by atoms with Crippen molar-refractivity contribution in [2.24, 2.45) is 0 Å². The molecule has 1 aromatic carbocycles. The van der Waals surface area contributed by atoms with Crippen LogP contribution < -0.4 is 15.8 Å². The summed E-state index contributed by atoms with van der Waals surface area (Å²) in [4.78, 5) is 0. The van der Waals surface area contributed by atoms with Crippen LogP contribution in [0.2, 0.25) is 0 Å². The number of methoxy groups -OCH3 is 1. The molecule has 0 aliphatic rings. The summed E-state index contributed by atoms with van der Waals surface area (Å²) in [5, 5.41) is 3.36. The number of unbranched alkanes of at least 4 members (excludes halogenated alkanes) is 1. The van der Waals surface area contributed by atoms with Gasteiger partial charge in [-0.2, -0.15) is 0 Å². The van der Waals surface area contributed by atoms with E-state index >= 15 is 0 Å². The van der Waals surface area contributed by atoms with E-state index < -0.39 is 0 Å². The molecule has 0 bridgehead atoms. The number of hydrogen-bond donors (Lipinski definition) is 2. The van der Waals surface area contributed by atoms with Gasteiger partial charge in [-0.3, -0.25) is 0 Å². The molecular formula is C16H28N2O3. The molecule has 1 rings (SSSR count). The molecular weight excluding hydrogens is 268 g/mol. The minimum atomic E-state index is 0.142. The van der Waals surface area contributed by atoms with Crippen molar-refractivity contribution in [3.8, 4) is 5.75 Å². The van der Waals surface area contributed by atoms with E-state index in [1.54, 1.807) is 7.11 Å². The van der Waals surface area contributed by atoms with Gasteiger partial charge in [0.15, 0.2) is 0 Å². The Kier molecular flexibility index (Phi) is 8.62. The largest absolute Gasteiger partial charge is 0.491 e. The lowest BCUT2D eigenvalue weighted by molar-refractivity contribution is 0.0691. The Morgan fingerprint density at radius 2 is 1.90 bits per heavy atom. The standard InChI is InChI=1S/C16H28N2O3/c1-13(2)21-16-11-14(17)10-15(12-16)18-6-4-5-7-20-9-8-19-3/h10-13,18H,4-9,17H2,1-3H3. The first kappa shape index (κ1) is 17.6. The summed E-state index contributed by atoms with van der Waals surface area (Å²) < 4.78 is 16.0. The first-order chi connectivity index (χ1) is 10.1. The fourth-order valence-corrected chi connectivity index (χ4v) is 1.87. The summed E-state index contributed by atoms with van der Waals surface area (Å²) in [5.74, 6) is 0.801. The van der Waals surface area contributed by atoms with Crippen molar-refractivity contribution >= 4 is 11.4 Å². The van der Waals surface area contributed by atoms with Gasteiger partial charge in [0.1, 0.15) is 5.75 Å². The highest BCUT2D eigenvalue weighted by Gasteiger charge is 2.02. The van der Waals surface area contributed by atoms with Crippen molar-refractivity contribution in [2.45, 2.75) is 32.8 Å². The number of rotatable bonds is 11. The van der Waals surface area contributed by atoms with Gasteiger partial charge < -0.3 is 25.3 Å².